The van der Waals surface area contributed by atoms with Gasteiger partial charge in [0.25, 0.3) is 11.5 Å². The molecule has 1 aromatic heterocycles. The summed E-state index contributed by atoms with van der Waals surface area (Å²) in [6.07, 6.45) is 10.0. The lowest BCUT2D eigenvalue weighted by atomic mass is 9.84. The molecule has 0 radical (unpaired) electrons. The maximum absolute atomic E-state index is 12.8. The van der Waals surface area contributed by atoms with Gasteiger partial charge in [-0.05, 0) is 86.6 Å². The number of hydrogen-bond acceptors (Lipinski definition) is 5. The maximum Gasteiger partial charge on any atom is 0.254 e. The van der Waals surface area contributed by atoms with Gasteiger partial charge in [-0.15, -0.1) is 0 Å². The van der Waals surface area contributed by atoms with Crippen LogP contribution in [0.3, 0.4) is 0 Å². The number of anilines is 1. The summed E-state index contributed by atoms with van der Waals surface area (Å²) in [4.78, 5) is 37.9. The van der Waals surface area contributed by atoms with Crippen LogP contribution in [0.2, 0.25) is 0 Å². The molecule has 1 saturated carbocycles. The van der Waals surface area contributed by atoms with Crippen LogP contribution >= 0.6 is 0 Å². The van der Waals surface area contributed by atoms with Gasteiger partial charge >= 0.3 is 0 Å². The first-order valence-electron chi connectivity index (χ1n) is 13.1. The van der Waals surface area contributed by atoms with Crippen molar-refractivity contribution >= 4 is 17.2 Å². The van der Waals surface area contributed by atoms with E-state index in [1.54, 1.807) is 7.05 Å². The van der Waals surface area contributed by atoms with Gasteiger partial charge in [0, 0.05) is 56.1 Å². The van der Waals surface area contributed by atoms with Gasteiger partial charge in [-0.25, -0.2) is 4.98 Å². The molecule has 0 bridgehead atoms. The van der Waals surface area contributed by atoms with Crippen LogP contribution in [-0.2, 0) is 12.8 Å². The first kappa shape index (κ1) is 22.5. The fourth-order valence-corrected chi connectivity index (χ4v) is 6.27. The Morgan fingerprint density at radius 1 is 1.14 bits per heavy atom. The van der Waals surface area contributed by atoms with Gasteiger partial charge < -0.3 is 15.2 Å². The van der Waals surface area contributed by atoms with Crippen molar-refractivity contribution in [3.8, 4) is 0 Å². The van der Waals surface area contributed by atoms with E-state index in [4.69, 9.17) is 4.98 Å². The first-order valence-corrected chi connectivity index (χ1v) is 13.1. The standard InChI is InChI=1S/C28H35N5O2/c1-18-15-20(5-6-22(18)26(34)29-2)32-11-13-33(14-12-32)21-4-3-19(16-21)25-30-24-7-8-28(9-10-28)17-23(24)27(35)31-25/h5-6,15-16,21H,3-4,7-14,17H2,1-2H3,(H,29,34)(H,30,31,35)/t21-/m1/s1. The average Bonchev–Trinajstić information content (AvgIpc) is 3.43. The Morgan fingerprint density at radius 3 is 2.66 bits per heavy atom. The number of fused-ring (bicyclic) bond motifs is 1. The number of H-pyrrole nitrogens is 1. The van der Waals surface area contributed by atoms with Gasteiger partial charge in [-0.2, -0.15) is 0 Å². The molecule has 3 aliphatic carbocycles. The number of aromatic nitrogens is 2. The van der Waals surface area contributed by atoms with Gasteiger partial charge in [-0.3, -0.25) is 14.5 Å². The number of piperazine rings is 1. The van der Waals surface area contributed by atoms with E-state index in [1.165, 1.54) is 30.5 Å². The molecule has 4 aliphatic rings. The van der Waals surface area contributed by atoms with E-state index in [9.17, 15) is 9.59 Å². The van der Waals surface area contributed by atoms with E-state index in [-0.39, 0.29) is 11.5 Å². The quantitative estimate of drug-likeness (QED) is 0.713. The summed E-state index contributed by atoms with van der Waals surface area (Å²) in [6.45, 7) is 5.93. The van der Waals surface area contributed by atoms with Crippen LogP contribution in [0.1, 0.15) is 65.1 Å². The third-order valence-corrected chi connectivity index (χ3v) is 8.74. The normalized spacial score (nSPS) is 23.2. The second-order valence-electron chi connectivity index (χ2n) is 10.9. The lowest BCUT2D eigenvalue weighted by molar-refractivity contribution is 0.0962. The third-order valence-electron chi connectivity index (χ3n) is 8.74. The fraction of sp³-hybridized carbons (Fsp3) is 0.536. The zero-order valence-electron chi connectivity index (χ0n) is 20.8. The van der Waals surface area contributed by atoms with Crippen molar-refractivity contribution in [3.05, 3.63) is 62.8 Å². The molecule has 184 valence electrons. The number of carbonyl (C=O) groups is 1. The van der Waals surface area contributed by atoms with Crippen LogP contribution in [0.5, 0.6) is 0 Å². The van der Waals surface area contributed by atoms with E-state index < -0.39 is 0 Å². The number of hydrogen-bond donors (Lipinski definition) is 2. The molecule has 1 amide bonds. The second kappa shape index (κ2) is 8.63. The molecule has 1 saturated heterocycles. The van der Waals surface area contributed by atoms with Gasteiger partial charge in [-0.1, -0.05) is 6.08 Å². The van der Waals surface area contributed by atoms with E-state index in [2.05, 4.69) is 38.3 Å². The van der Waals surface area contributed by atoms with Gasteiger partial charge in [0.05, 0.1) is 5.69 Å². The highest BCUT2D eigenvalue weighted by Gasteiger charge is 2.45. The summed E-state index contributed by atoms with van der Waals surface area (Å²) < 4.78 is 0. The number of amides is 1. The lowest BCUT2D eigenvalue weighted by Crippen LogP contribution is -2.49. The Hall–Kier alpha value is -2.93. The predicted molar refractivity (Wildman–Crippen MR) is 138 cm³/mol. The second-order valence-corrected chi connectivity index (χ2v) is 10.9. The topological polar surface area (TPSA) is 81.3 Å². The lowest BCUT2D eigenvalue weighted by Gasteiger charge is -2.38. The van der Waals surface area contributed by atoms with Crippen molar-refractivity contribution < 1.29 is 4.79 Å². The molecular weight excluding hydrogens is 438 g/mol. The van der Waals surface area contributed by atoms with Gasteiger partial charge in [0.15, 0.2) is 0 Å². The number of rotatable bonds is 4. The highest BCUT2D eigenvalue weighted by atomic mass is 16.1. The summed E-state index contributed by atoms with van der Waals surface area (Å²) in [5.41, 5.74) is 6.62. The van der Waals surface area contributed by atoms with Crippen LogP contribution in [0, 0.1) is 12.3 Å². The third kappa shape index (κ3) is 4.20. The van der Waals surface area contributed by atoms with Crippen LogP contribution in [0.15, 0.2) is 29.1 Å². The smallest absolute Gasteiger partial charge is 0.254 e. The number of aromatic amines is 1. The van der Waals surface area contributed by atoms with Crippen molar-refractivity contribution in [2.24, 2.45) is 5.41 Å². The summed E-state index contributed by atoms with van der Waals surface area (Å²) >= 11 is 0. The molecule has 1 spiro atoms. The SMILES string of the molecule is CNC(=O)c1ccc(N2CCN([C@H]3C=C(c4nc5c(c(=O)[nH]4)CC4(CC5)CC4)CC3)CC2)cc1C. The molecule has 1 aromatic carbocycles. The highest BCUT2D eigenvalue weighted by molar-refractivity contribution is 5.95. The molecule has 1 aliphatic heterocycles. The Labute approximate surface area is 206 Å². The predicted octanol–water partition coefficient (Wildman–Crippen LogP) is 3.07. The van der Waals surface area contributed by atoms with Crippen LogP contribution in [0.4, 0.5) is 5.69 Å². The van der Waals surface area contributed by atoms with Crippen LogP contribution in [-0.4, -0.2) is 60.0 Å². The Balaban J connectivity index is 1.11. The largest absolute Gasteiger partial charge is 0.369 e. The number of benzene rings is 1. The average molecular weight is 474 g/mol. The number of nitrogens with zero attached hydrogens (tertiary/aromatic N) is 3. The minimum atomic E-state index is -0.0377. The zero-order valence-corrected chi connectivity index (χ0v) is 20.8. The Kier molecular flexibility index (Phi) is 5.55. The van der Waals surface area contributed by atoms with E-state index in [0.29, 0.717) is 11.5 Å². The maximum atomic E-state index is 12.8. The van der Waals surface area contributed by atoms with Crippen molar-refractivity contribution in [2.45, 2.75) is 57.9 Å². The molecule has 2 heterocycles. The fourth-order valence-electron chi connectivity index (χ4n) is 6.27. The monoisotopic (exact) mass is 473 g/mol. The van der Waals surface area contributed by atoms with Crippen molar-refractivity contribution in [1.29, 1.82) is 0 Å². The summed E-state index contributed by atoms with van der Waals surface area (Å²) in [6, 6.07) is 6.51. The summed E-state index contributed by atoms with van der Waals surface area (Å²) in [5.74, 6) is 0.762. The van der Waals surface area contributed by atoms with Crippen LogP contribution in [0.25, 0.3) is 5.57 Å². The molecule has 1 atom stereocenters. The Bertz CT molecular complexity index is 1250. The van der Waals surface area contributed by atoms with Crippen molar-refractivity contribution in [2.75, 3.05) is 38.1 Å². The summed E-state index contributed by atoms with van der Waals surface area (Å²) in [5, 5.41) is 2.71. The molecule has 2 aromatic rings. The van der Waals surface area contributed by atoms with Gasteiger partial charge in [0.1, 0.15) is 5.82 Å². The molecule has 35 heavy (non-hydrogen) atoms. The van der Waals surface area contributed by atoms with E-state index in [0.717, 1.165) is 80.1 Å². The molecule has 2 N–H and O–H groups in total. The van der Waals surface area contributed by atoms with Gasteiger partial charge in [0.2, 0.25) is 0 Å². The molecule has 2 fully saturated rings. The number of aryl methyl sites for hydroxylation is 2. The van der Waals surface area contributed by atoms with E-state index in [1.807, 2.05) is 13.0 Å². The minimum Gasteiger partial charge on any atom is -0.369 e. The number of allylic oxidation sites excluding steroid dienone is 1. The number of carbonyl (C=O) groups excluding carboxylic acids is 1. The number of nitrogens with one attached hydrogen (secondary N) is 2. The minimum absolute atomic E-state index is 0.0377. The summed E-state index contributed by atoms with van der Waals surface area (Å²) in [7, 11) is 1.67. The van der Waals surface area contributed by atoms with Crippen molar-refractivity contribution in [3.63, 3.8) is 0 Å². The Morgan fingerprint density at radius 2 is 1.94 bits per heavy atom. The van der Waals surface area contributed by atoms with Crippen LogP contribution < -0.4 is 15.8 Å². The zero-order chi connectivity index (χ0) is 24.2. The molecule has 6 rings (SSSR count). The van der Waals surface area contributed by atoms with E-state index >= 15 is 0 Å². The molecule has 0 unspecified atom stereocenters. The first-order chi connectivity index (χ1) is 16.9. The highest BCUT2D eigenvalue weighted by Crippen LogP contribution is 2.53. The van der Waals surface area contributed by atoms with Crippen molar-refractivity contribution in [1.82, 2.24) is 20.2 Å². The molecule has 7 nitrogen and oxygen atoms in total. The molecular formula is C28H35N5O2. The molecule has 7 heteroatoms.